The molecule has 2 rings (SSSR count). The number of primary amides is 1. The second kappa shape index (κ2) is 10.4. The van der Waals surface area contributed by atoms with Crippen LogP contribution in [0.4, 0.5) is 0 Å². The number of nitrogens with two attached hydrogens (primary N) is 1. The van der Waals surface area contributed by atoms with Gasteiger partial charge in [-0.05, 0) is 19.1 Å². The molecule has 2 heterocycles. The zero-order chi connectivity index (χ0) is 20.4. The van der Waals surface area contributed by atoms with Gasteiger partial charge in [0.15, 0.2) is 0 Å². The molecule has 27 heavy (non-hydrogen) atoms. The Morgan fingerprint density at radius 2 is 1.56 bits per heavy atom. The minimum absolute atomic E-state index is 0.0935. The Hall–Kier alpha value is -3.60. The monoisotopic (exact) mass is 380 g/mol. The van der Waals surface area contributed by atoms with Gasteiger partial charge in [0.05, 0.1) is 6.61 Å². The molecule has 146 valence electrons. The van der Waals surface area contributed by atoms with Crippen molar-refractivity contribution in [2.45, 2.75) is 6.92 Å². The third kappa shape index (κ3) is 6.32. The fraction of sp³-hybridized carbons (Fsp3) is 0.250. The number of rotatable bonds is 6. The first-order valence-corrected chi connectivity index (χ1v) is 7.78. The Bertz CT molecular complexity index is 904. The molecular weight excluding hydrogens is 360 g/mol. The molecule has 11 nitrogen and oxygen atoms in total. The van der Waals surface area contributed by atoms with Crippen molar-refractivity contribution in [1.29, 1.82) is 0 Å². The van der Waals surface area contributed by atoms with Crippen LogP contribution in [-0.4, -0.2) is 51.4 Å². The second-order valence-electron chi connectivity index (χ2n) is 4.94. The van der Waals surface area contributed by atoms with Gasteiger partial charge in [-0.1, -0.05) is 12.1 Å². The zero-order valence-electron chi connectivity index (χ0n) is 14.5. The maximum absolute atomic E-state index is 11.5. The van der Waals surface area contributed by atoms with Crippen LogP contribution in [0.1, 0.15) is 27.9 Å². The highest BCUT2D eigenvalue weighted by molar-refractivity contribution is 5.92. The molecule has 11 heteroatoms. The van der Waals surface area contributed by atoms with E-state index in [-0.39, 0.29) is 16.1 Å². The Balaban J connectivity index is 0.000000289. The van der Waals surface area contributed by atoms with E-state index in [4.69, 9.17) is 15.7 Å². The maximum Gasteiger partial charge on any atom is 0.283 e. The van der Waals surface area contributed by atoms with E-state index in [9.17, 15) is 24.4 Å². The molecule has 2 aromatic heterocycles. The maximum atomic E-state index is 11.5. The van der Waals surface area contributed by atoms with Crippen LogP contribution in [0.25, 0.3) is 0 Å². The lowest BCUT2D eigenvalue weighted by molar-refractivity contribution is 0.0863. The van der Waals surface area contributed by atoms with E-state index >= 15 is 0 Å². The van der Waals surface area contributed by atoms with Crippen molar-refractivity contribution >= 4 is 11.8 Å². The van der Waals surface area contributed by atoms with Gasteiger partial charge in [-0.2, -0.15) is 0 Å². The highest BCUT2D eigenvalue weighted by atomic mass is 16.5. The molecule has 2 amide bonds. The summed E-state index contributed by atoms with van der Waals surface area (Å²) in [7, 11) is 0. The van der Waals surface area contributed by atoms with E-state index in [1.54, 1.807) is 0 Å². The largest absolute Gasteiger partial charge is 0.425 e. The zero-order valence-corrected chi connectivity index (χ0v) is 14.5. The lowest BCUT2D eigenvalue weighted by Crippen LogP contribution is -2.32. The lowest BCUT2D eigenvalue weighted by Gasteiger charge is -2.07. The fourth-order valence-corrected chi connectivity index (χ4v) is 1.79. The van der Waals surface area contributed by atoms with Crippen LogP contribution in [0.5, 0.6) is 0 Å². The van der Waals surface area contributed by atoms with Crippen LogP contribution in [0.15, 0.2) is 46.0 Å². The minimum atomic E-state index is -0.842. The molecule has 0 aliphatic carbocycles. The van der Waals surface area contributed by atoms with Crippen molar-refractivity contribution < 1.29 is 24.7 Å². The quantitative estimate of drug-likeness (QED) is 0.370. The van der Waals surface area contributed by atoms with Gasteiger partial charge in [-0.25, -0.2) is 0 Å². The van der Waals surface area contributed by atoms with Crippen LogP contribution in [-0.2, 0) is 4.74 Å². The molecule has 0 bridgehead atoms. The number of hydrogen-bond acceptors (Lipinski definition) is 7. The standard InChI is InChI=1S/C10H14N2O4.C6H6N2O3/c1-2-16-7-6-11-10(14)8-4-3-5-9(13)12(8)15;7-6(10)4-2-1-3-5(9)8(4)11/h3-5,15H,2,6-7H2,1H3,(H,11,14);1-3,11H,(H2,7,10). The highest BCUT2D eigenvalue weighted by Gasteiger charge is 2.10. The Morgan fingerprint density at radius 3 is 2.04 bits per heavy atom. The molecule has 0 saturated carbocycles. The van der Waals surface area contributed by atoms with Gasteiger partial charge in [0.1, 0.15) is 11.4 Å². The van der Waals surface area contributed by atoms with Crippen molar-refractivity contribution in [2.24, 2.45) is 5.73 Å². The van der Waals surface area contributed by atoms with Gasteiger partial charge >= 0.3 is 0 Å². The summed E-state index contributed by atoms with van der Waals surface area (Å²) in [5, 5.41) is 20.7. The fourth-order valence-electron chi connectivity index (χ4n) is 1.79. The predicted octanol–water partition coefficient (Wildman–Crippen LogP) is -0.964. The second-order valence-corrected chi connectivity index (χ2v) is 4.94. The molecule has 0 atom stereocenters. The number of pyridine rings is 2. The number of nitrogens with zero attached hydrogens (tertiary/aromatic N) is 2. The van der Waals surface area contributed by atoms with E-state index in [2.05, 4.69) is 5.32 Å². The molecule has 5 N–H and O–H groups in total. The molecule has 0 aromatic carbocycles. The first-order valence-electron chi connectivity index (χ1n) is 7.78. The molecule has 0 radical (unpaired) electrons. The summed E-state index contributed by atoms with van der Waals surface area (Å²) in [6.07, 6.45) is 0. The van der Waals surface area contributed by atoms with Gasteiger partial charge in [0.2, 0.25) is 0 Å². The number of amides is 2. The van der Waals surface area contributed by atoms with Crippen molar-refractivity contribution in [1.82, 2.24) is 14.8 Å². The van der Waals surface area contributed by atoms with Crippen LogP contribution < -0.4 is 22.2 Å². The highest BCUT2D eigenvalue weighted by Crippen LogP contribution is 1.93. The molecule has 0 aliphatic heterocycles. The van der Waals surface area contributed by atoms with Crippen molar-refractivity contribution in [2.75, 3.05) is 19.8 Å². The van der Waals surface area contributed by atoms with Crippen LogP contribution in [0, 0.1) is 0 Å². The van der Waals surface area contributed by atoms with E-state index < -0.39 is 22.9 Å². The van der Waals surface area contributed by atoms with Crippen molar-refractivity contribution in [3.63, 3.8) is 0 Å². The predicted molar refractivity (Wildman–Crippen MR) is 93.1 cm³/mol. The summed E-state index contributed by atoms with van der Waals surface area (Å²) in [5.74, 6) is -1.36. The van der Waals surface area contributed by atoms with Crippen molar-refractivity contribution in [3.05, 3.63) is 68.5 Å². The molecule has 0 spiro atoms. The molecular formula is C16H20N4O7. The van der Waals surface area contributed by atoms with E-state index in [0.29, 0.717) is 24.5 Å². The minimum Gasteiger partial charge on any atom is -0.425 e. The van der Waals surface area contributed by atoms with Gasteiger partial charge in [-0.3, -0.25) is 19.2 Å². The number of carbonyl (C=O) groups excluding carboxylic acids is 2. The molecule has 2 aromatic rings. The summed E-state index contributed by atoms with van der Waals surface area (Å²) >= 11 is 0. The first-order chi connectivity index (χ1) is 12.8. The number of aromatic nitrogens is 2. The Labute approximate surface area is 153 Å². The van der Waals surface area contributed by atoms with Crippen LogP contribution >= 0.6 is 0 Å². The van der Waals surface area contributed by atoms with E-state index in [0.717, 1.165) is 12.1 Å². The van der Waals surface area contributed by atoms with Crippen LogP contribution in [0.2, 0.25) is 0 Å². The topological polar surface area (TPSA) is 166 Å². The number of ether oxygens (including phenoxy) is 1. The SMILES string of the molecule is CCOCCNC(=O)c1cccc(=O)n1O.NC(=O)c1cccc(=O)n1O. The summed E-state index contributed by atoms with van der Waals surface area (Å²) in [6, 6.07) is 7.65. The smallest absolute Gasteiger partial charge is 0.283 e. The van der Waals surface area contributed by atoms with Gasteiger partial charge < -0.3 is 26.2 Å². The summed E-state index contributed by atoms with van der Waals surface area (Å²) in [6.45, 7) is 3.15. The molecule has 0 unspecified atom stereocenters. The number of carbonyl (C=O) groups is 2. The molecule has 0 aliphatic rings. The Morgan fingerprint density at radius 1 is 1.04 bits per heavy atom. The average molecular weight is 380 g/mol. The van der Waals surface area contributed by atoms with E-state index in [1.165, 1.54) is 24.3 Å². The summed E-state index contributed by atoms with van der Waals surface area (Å²) < 4.78 is 5.55. The average Bonchev–Trinajstić information content (AvgIpc) is 2.63. The van der Waals surface area contributed by atoms with Crippen LogP contribution in [0.3, 0.4) is 0 Å². The lowest BCUT2D eigenvalue weighted by atomic mass is 10.3. The Kier molecular flexibility index (Phi) is 8.26. The third-order valence-corrected chi connectivity index (χ3v) is 3.08. The number of nitrogens with one attached hydrogen (secondary N) is 1. The summed E-state index contributed by atoms with van der Waals surface area (Å²) in [4.78, 5) is 43.6. The van der Waals surface area contributed by atoms with Gasteiger partial charge in [-0.15, -0.1) is 9.46 Å². The molecule has 0 fully saturated rings. The van der Waals surface area contributed by atoms with Gasteiger partial charge in [0, 0.05) is 25.3 Å². The third-order valence-electron chi connectivity index (χ3n) is 3.08. The summed E-state index contributed by atoms with van der Waals surface area (Å²) in [5.41, 5.74) is 3.19. The normalized spacial score (nSPS) is 9.81. The first kappa shape index (κ1) is 21.4. The van der Waals surface area contributed by atoms with Gasteiger partial charge in [0.25, 0.3) is 22.9 Å². The number of hydrogen-bond donors (Lipinski definition) is 4. The molecule has 0 saturated heterocycles. The van der Waals surface area contributed by atoms with E-state index in [1.807, 2.05) is 6.92 Å². The van der Waals surface area contributed by atoms with Crippen molar-refractivity contribution in [3.8, 4) is 0 Å².